The van der Waals surface area contributed by atoms with E-state index < -0.39 is 0 Å². The zero-order valence-corrected chi connectivity index (χ0v) is 15.2. The second kappa shape index (κ2) is 7.45. The second-order valence-corrected chi connectivity index (χ2v) is 7.33. The number of aromatic amines is 1. The fourth-order valence-corrected chi connectivity index (χ4v) is 3.60. The third kappa shape index (κ3) is 3.65. The van der Waals surface area contributed by atoms with Crippen molar-refractivity contribution in [3.05, 3.63) is 42.2 Å². The van der Waals surface area contributed by atoms with Crippen molar-refractivity contribution in [3.8, 4) is 11.4 Å². The molecule has 1 aliphatic heterocycles. The lowest BCUT2D eigenvalue weighted by atomic mass is 10.1. The van der Waals surface area contributed by atoms with E-state index >= 15 is 0 Å². The van der Waals surface area contributed by atoms with Gasteiger partial charge in [-0.2, -0.15) is 11.8 Å². The Morgan fingerprint density at radius 3 is 2.88 bits per heavy atom. The monoisotopic (exact) mass is 354 g/mol. The number of H-pyrrole nitrogens is 1. The van der Waals surface area contributed by atoms with Crippen LogP contribution in [-0.4, -0.2) is 47.0 Å². The Kier molecular flexibility index (Phi) is 4.90. The molecule has 4 rings (SSSR count). The van der Waals surface area contributed by atoms with E-state index in [0.717, 1.165) is 66.2 Å². The number of ether oxygens (including phenoxy) is 1. The maximum absolute atomic E-state index is 5.48. The molecule has 1 aliphatic rings. The summed E-state index contributed by atoms with van der Waals surface area (Å²) in [7, 11) is 0. The Morgan fingerprint density at radius 1 is 1.16 bits per heavy atom. The molecule has 1 N–H and O–H groups in total. The average Bonchev–Trinajstić information content (AvgIpc) is 3.14. The lowest BCUT2D eigenvalue weighted by molar-refractivity contribution is 0.122. The summed E-state index contributed by atoms with van der Waals surface area (Å²) in [5, 5.41) is 1.18. The molecule has 0 spiro atoms. The first-order chi connectivity index (χ1) is 12.3. The van der Waals surface area contributed by atoms with Crippen molar-refractivity contribution in [1.82, 2.24) is 15.0 Å². The summed E-state index contributed by atoms with van der Waals surface area (Å²) in [5.41, 5.74) is 3.28. The van der Waals surface area contributed by atoms with Crippen LogP contribution in [0.5, 0.6) is 0 Å². The number of thioether (sulfide) groups is 1. The van der Waals surface area contributed by atoms with Gasteiger partial charge >= 0.3 is 0 Å². The van der Waals surface area contributed by atoms with E-state index in [-0.39, 0.29) is 0 Å². The predicted octanol–water partition coefficient (Wildman–Crippen LogP) is 3.71. The number of nitrogens with one attached hydrogen (secondary N) is 1. The van der Waals surface area contributed by atoms with Crippen LogP contribution in [0.25, 0.3) is 22.3 Å². The molecule has 1 fully saturated rings. The number of fused-ring (bicyclic) bond motifs is 1. The Balaban J connectivity index is 1.73. The van der Waals surface area contributed by atoms with Gasteiger partial charge < -0.3 is 14.6 Å². The molecule has 2 aromatic heterocycles. The van der Waals surface area contributed by atoms with Crippen LogP contribution in [0.15, 0.2) is 36.5 Å². The zero-order valence-electron chi connectivity index (χ0n) is 14.4. The molecular weight excluding hydrogens is 332 g/mol. The molecule has 0 unspecified atom stereocenters. The van der Waals surface area contributed by atoms with Crippen molar-refractivity contribution in [1.29, 1.82) is 0 Å². The van der Waals surface area contributed by atoms with Crippen molar-refractivity contribution in [2.24, 2.45) is 0 Å². The maximum Gasteiger partial charge on any atom is 0.161 e. The number of anilines is 1. The average molecular weight is 354 g/mol. The van der Waals surface area contributed by atoms with E-state index in [9.17, 15) is 0 Å². The first kappa shape index (κ1) is 16.4. The molecule has 0 radical (unpaired) electrons. The molecule has 1 saturated heterocycles. The van der Waals surface area contributed by atoms with Gasteiger partial charge in [-0.1, -0.05) is 6.92 Å². The van der Waals surface area contributed by atoms with E-state index in [1.807, 2.05) is 18.0 Å². The van der Waals surface area contributed by atoms with Gasteiger partial charge in [-0.05, 0) is 30.0 Å². The van der Waals surface area contributed by atoms with Gasteiger partial charge in [0.15, 0.2) is 5.82 Å². The molecule has 3 heterocycles. The Morgan fingerprint density at radius 2 is 2.04 bits per heavy atom. The first-order valence-corrected chi connectivity index (χ1v) is 9.85. The number of morpholine rings is 1. The third-order valence-corrected chi connectivity index (χ3v) is 5.27. The van der Waals surface area contributed by atoms with Crippen molar-refractivity contribution >= 4 is 28.5 Å². The number of hydrogen-bond acceptors (Lipinski definition) is 5. The minimum atomic E-state index is 0.758. The largest absolute Gasteiger partial charge is 0.378 e. The van der Waals surface area contributed by atoms with Crippen molar-refractivity contribution in [2.45, 2.75) is 12.7 Å². The molecule has 0 bridgehead atoms. The summed E-state index contributed by atoms with van der Waals surface area (Å²) in [6.45, 7) is 5.46. The summed E-state index contributed by atoms with van der Waals surface area (Å²) < 4.78 is 5.48. The van der Waals surface area contributed by atoms with Gasteiger partial charge in [-0.3, -0.25) is 0 Å². The normalized spacial score (nSPS) is 15.0. The molecule has 3 aromatic rings. The summed E-state index contributed by atoms with van der Waals surface area (Å²) >= 11 is 1.89. The first-order valence-electron chi connectivity index (χ1n) is 8.69. The molecule has 5 nitrogen and oxygen atoms in total. The summed E-state index contributed by atoms with van der Waals surface area (Å²) in [4.78, 5) is 15.2. The molecule has 130 valence electrons. The molecule has 0 aliphatic carbocycles. The third-order valence-electron chi connectivity index (χ3n) is 4.37. The highest BCUT2D eigenvalue weighted by molar-refractivity contribution is 7.98. The van der Waals surface area contributed by atoms with Crippen LogP contribution in [0.3, 0.4) is 0 Å². The smallest absolute Gasteiger partial charge is 0.161 e. The van der Waals surface area contributed by atoms with Crippen LogP contribution in [0.1, 0.15) is 12.6 Å². The Labute approximate surface area is 151 Å². The minimum Gasteiger partial charge on any atom is -0.378 e. The van der Waals surface area contributed by atoms with E-state index in [2.05, 4.69) is 47.1 Å². The summed E-state index contributed by atoms with van der Waals surface area (Å²) in [6, 6.07) is 10.6. The van der Waals surface area contributed by atoms with Gasteiger partial charge in [0.1, 0.15) is 5.82 Å². The van der Waals surface area contributed by atoms with Crippen LogP contribution < -0.4 is 4.90 Å². The fourth-order valence-electron chi connectivity index (χ4n) is 3.04. The molecule has 6 heteroatoms. The van der Waals surface area contributed by atoms with Crippen LogP contribution >= 0.6 is 11.8 Å². The highest BCUT2D eigenvalue weighted by atomic mass is 32.2. The van der Waals surface area contributed by atoms with Gasteiger partial charge in [0.2, 0.25) is 0 Å². The molecule has 25 heavy (non-hydrogen) atoms. The van der Waals surface area contributed by atoms with Gasteiger partial charge in [-0.25, -0.2) is 9.97 Å². The summed E-state index contributed by atoms with van der Waals surface area (Å²) in [5.74, 6) is 3.81. The number of hydrogen-bond donors (Lipinski definition) is 1. The predicted molar refractivity (Wildman–Crippen MR) is 104 cm³/mol. The molecular formula is C19H22N4OS. The van der Waals surface area contributed by atoms with E-state index in [1.165, 1.54) is 5.39 Å². The van der Waals surface area contributed by atoms with E-state index in [0.29, 0.717) is 0 Å². The second-order valence-electron chi connectivity index (χ2n) is 6.06. The van der Waals surface area contributed by atoms with Crippen LogP contribution in [0.2, 0.25) is 0 Å². The molecule has 0 atom stereocenters. The SMILES string of the molecule is CCSCc1cc(N2CCOCC2)nc(-c2ccc3[nH]ccc3c2)n1. The maximum atomic E-state index is 5.48. The molecule has 0 saturated carbocycles. The lowest BCUT2D eigenvalue weighted by Gasteiger charge is -2.28. The molecule has 1 aromatic carbocycles. The van der Waals surface area contributed by atoms with E-state index in [1.54, 1.807) is 0 Å². The summed E-state index contributed by atoms with van der Waals surface area (Å²) in [6.07, 6.45) is 1.96. The number of aromatic nitrogens is 3. The van der Waals surface area contributed by atoms with Crippen molar-refractivity contribution in [2.75, 3.05) is 37.0 Å². The quantitative estimate of drug-likeness (QED) is 0.757. The lowest BCUT2D eigenvalue weighted by Crippen LogP contribution is -2.37. The number of nitrogens with zero attached hydrogens (tertiary/aromatic N) is 3. The topological polar surface area (TPSA) is 54.0 Å². The standard InChI is InChI=1S/C19H22N4OS/c1-2-25-13-16-12-18(23-7-9-24-10-8-23)22-19(21-16)15-3-4-17-14(11-15)5-6-20-17/h3-6,11-12,20H,2,7-10,13H2,1H3. The highest BCUT2D eigenvalue weighted by Crippen LogP contribution is 2.25. The van der Waals surface area contributed by atoms with Crippen LogP contribution in [0, 0.1) is 0 Å². The minimum absolute atomic E-state index is 0.758. The van der Waals surface area contributed by atoms with Crippen molar-refractivity contribution < 1.29 is 4.74 Å². The van der Waals surface area contributed by atoms with Crippen molar-refractivity contribution in [3.63, 3.8) is 0 Å². The van der Waals surface area contributed by atoms with Gasteiger partial charge in [0.05, 0.1) is 18.9 Å². The van der Waals surface area contributed by atoms with Gasteiger partial charge in [0.25, 0.3) is 0 Å². The van der Waals surface area contributed by atoms with Crippen LogP contribution in [0.4, 0.5) is 5.82 Å². The number of benzene rings is 1. The zero-order chi connectivity index (χ0) is 17.1. The Bertz CT molecular complexity index is 858. The molecule has 0 amide bonds. The number of rotatable bonds is 5. The van der Waals surface area contributed by atoms with Crippen LogP contribution in [-0.2, 0) is 10.5 Å². The van der Waals surface area contributed by atoms with E-state index in [4.69, 9.17) is 14.7 Å². The fraction of sp³-hybridized carbons (Fsp3) is 0.368. The highest BCUT2D eigenvalue weighted by Gasteiger charge is 2.16. The van der Waals surface area contributed by atoms with Gasteiger partial charge in [0, 0.05) is 47.6 Å². The Hall–Kier alpha value is -2.05. The van der Waals surface area contributed by atoms with Gasteiger partial charge in [-0.15, -0.1) is 0 Å².